The fourth-order valence-electron chi connectivity index (χ4n) is 3.37. The van der Waals surface area contributed by atoms with E-state index < -0.39 is 35.8 Å². The van der Waals surface area contributed by atoms with E-state index in [2.05, 4.69) is 0 Å². The topological polar surface area (TPSA) is 93.2 Å². The first-order valence-corrected chi connectivity index (χ1v) is 11.4. The molecule has 8 nitrogen and oxygen atoms in total. The molecule has 1 unspecified atom stereocenters. The first-order valence-electron chi connectivity index (χ1n) is 9.87. The van der Waals surface area contributed by atoms with Crippen molar-refractivity contribution in [2.24, 2.45) is 5.92 Å². The lowest BCUT2D eigenvalue weighted by Crippen LogP contribution is -2.49. The summed E-state index contributed by atoms with van der Waals surface area (Å²) in [4.78, 5) is 57.3. The molecule has 0 bridgehead atoms. The molecule has 0 saturated heterocycles. The van der Waals surface area contributed by atoms with Gasteiger partial charge in [-0.05, 0) is 11.5 Å². The van der Waals surface area contributed by atoms with E-state index in [0.29, 0.717) is 0 Å². The number of amides is 3. The van der Waals surface area contributed by atoms with Crippen LogP contribution in [-0.4, -0.2) is 46.9 Å². The van der Waals surface area contributed by atoms with Crippen molar-refractivity contribution in [3.8, 4) is 0 Å². The summed E-state index contributed by atoms with van der Waals surface area (Å²) in [6.45, 7) is 3.30. The largest absolute Gasteiger partial charge is 0.445 e. The van der Waals surface area contributed by atoms with Gasteiger partial charge in [-0.25, -0.2) is 9.59 Å². The maximum Gasteiger partial charge on any atom is 0.410 e. The number of imide groups is 1. The molecular formula is C22H18Cl4N2O6. The number of benzene rings is 2. The molecule has 2 aromatic carbocycles. The summed E-state index contributed by atoms with van der Waals surface area (Å²) in [5, 5.41) is -0.824. The lowest BCUT2D eigenvalue weighted by Gasteiger charge is -2.29. The van der Waals surface area contributed by atoms with Gasteiger partial charge in [0.2, 0.25) is 0 Å². The Morgan fingerprint density at radius 3 is 1.88 bits per heavy atom. The summed E-state index contributed by atoms with van der Waals surface area (Å²) in [5.41, 5.74) is 0.0798. The van der Waals surface area contributed by atoms with Gasteiger partial charge in [0.25, 0.3) is 11.8 Å². The maximum absolute atomic E-state index is 13.0. The van der Waals surface area contributed by atoms with Crippen molar-refractivity contribution < 1.29 is 28.8 Å². The monoisotopic (exact) mass is 546 g/mol. The predicted octanol–water partition coefficient (Wildman–Crippen LogP) is 5.65. The number of carbonyl (C=O) groups excluding carboxylic acids is 4. The molecular weight excluding hydrogens is 530 g/mol. The molecule has 12 heteroatoms. The minimum absolute atomic E-state index is 0.0131. The van der Waals surface area contributed by atoms with E-state index in [-0.39, 0.29) is 42.9 Å². The fraction of sp³-hybridized carbons (Fsp3) is 0.273. The number of rotatable bonds is 6. The van der Waals surface area contributed by atoms with Crippen LogP contribution in [0.2, 0.25) is 20.1 Å². The molecule has 0 N–H and O–H groups in total. The average Bonchev–Trinajstić information content (AvgIpc) is 3.05. The van der Waals surface area contributed by atoms with Gasteiger partial charge in [0.15, 0.2) is 0 Å². The molecule has 3 rings (SSSR count). The molecule has 1 aliphatic heterocycles. The molecule has 1 aliphatic rings. The van der Waals surface area contributed by atoms with E-state index in [0.717, 1.165) is 10.5 Å². The predicted molar refractivity (Wildman–Crippen MR) is 126 cm³/mol. The number of fused-ring (bicyclic) bond motifs is 1. The molecule has 0 aliphatic carbocycles. The lowest BCUT2D eigenvalue weighted by atomic mass is 10.0. The number of likely N-dealkylation sites (N-methyl/N-ethyl adjacent to an activating group) is 1. The Morgan fingerprint density at radius 2 is 1.41 bits per heavy atom. The van der Waals surface area contributed by atoms with Gasteiger partial charge in [-0.2, -0.15) is 0 Å². The standard InChI is InChI=1S/C22H18Cl4N2O6/c1-10(2)18(27(3)22(32)33-9-11-7-5-4-6-8-11)21(31)34-28-19(29)12-13(20(28)30)15(24)17(26)16(25)14(12)23/h4-8,10,18H,9H2,1-3H3. The number of ether oxygens (including phenoxy) is 1. The number of hydrogen-bond acceptors (Lipinski definition) is 6. The zero-order valence-electron chi connectivity index (χ0n) is 18.1. The molecule has 0 saturated carbocycles. The van der Waals surface area contributed by atoms with Gasteiger partial charge in [-0.1, -0.05) is 95.6 Å². The molecule has 34 heavy (non-hydrogen) atoms. The van der Waals surface area contributed by atoms with Crippen LogP contribution in [0, 0.1) is 5.92 Å². The van der Waals surface area contributed by atoms with Crippen molar-refractivity contribution >= 4 is 70.3 Å². The molecule has 3 amide bonds. The Kier molecular flexibility index (Phi) is 7.98. The van der Waals surface area contributed by atoms with E-state index in [4.69, 9.17) is 56.0 Å². The van der Waals surface area contributed by atoms with Crippen LogP contribution >= 0.6 is 46.4 Å². The Morgan fingerprint density at radius 1 is 0.912 bits per heavy atom. The number of halogens is 4. The van der Waals surface area contributed by atoms with E-state index in [1.54, 1.807) is 38.1 Å². The van der Waals surface area contributed by atoms with Crippen molar-refractivity contribution in [2.45, 2.75) is 26.5 Å². The van der Waals surface area contributed by atoms with Gasteiger partial charge < -0.3 is 9.57 Å². The summed E-state index contributed by atoms with van der Waals surface area (Å²) < 4.78 is 5.26. The van der Waals surface area contributed by atoms with Gasteiger partial charge in [0, 0.05) is 7.05 Å². The molecule has 0 fully saturated rings. The third-order valence-corrected chi connectivity index (χ3v) is 6.83. The van der Waals surface area contributed by atoms with Crippen LogP contribution < -0.4 is 0 Å². The highest BCUT2D eigenvalue weighted by Crippen LogP contribution is 2.44. The highest BCUT2D eigenvalue weighted by Gasteiger charge is 2.46. The number of hydrogen-bond donors (Lipinski definition) is 0. The quantitative estimate of drug-likeness (QED) is 0.263. The third-order valence-electron chi connectivity index (χ3n) is 5.03. The first-order chi connectivity index (χ1) is 16.0. The average molecular weight is 548 g/mol. The molecule has 1 atom stereocenters. The maximum atomic E-state index is 13.0. The summed E-state index contributed by atoms with van der Waals surface area (Å²) in [6.07, 6.45) is -0.800. The zero-order chi connectivity index (χ0) is 25.3. The molecule has 2 aromatic rings. The van der Waals surface area contributed by atoms with Crippen LogP contribution in [0.15, 0.2) is 30.3 Å². The Hall–Kier alpha value is -2.52. The fourth-order valence-corrected chi connectivity index (χ4v) is 4.38. The van der Waals surface area contributed by atoms with Crippen LogP contribution in [0.1, 0.15) is 40.1 Å². The lowest BCUT2D eigenvalue weighted by molar-refractivity contribution is -0.175. The second kappa shape index (κ2) is 10.4. The Labute approximate surface area is 215 Å². The number of hydroxylamine groups is 2. The number of carbonyl (C=O) groups is 4. The second-order valence-electron chi connectivity index (χ2n) is 7.66. The van der Waals surface area contributed by atoms with Crippen LogP contribution in [0.5, 0.6) is 0 Å². The highest BCUT2D eigenvalue weighted by atomic mass is 35.5. The van der Waals surface area contributed by atoms with Crippen molar-refractivity contribution in [1.29, 1.82) is 0 Å². The molecule has 0 spiro atoms. The molecule has 1 heterocycles. The first kappa shape index (κ1) is 26.1. The van der Waals surface area contributed by atoms with E-state index in [9.17, 15) is 19.2 Å². The summed E-state index contributed by atoms with van der Waals surface area (Å²) in [6, 6.07) is 7.77. The van der Waals surface area contributed by atoms with Crippen molar-refractivity contribution in [3.05, 3.63) is 67.1 Å². The van der Waals surface area contributed by atoms with Crippen LogP contribution in [-0.2, 0) is 21.0 Å². The number of nitrogens with zero attached hydrogens (tertiary/aromatic N) is 2. The summed E-state index contributed by atoms with van der Waals surface area (Å²) in [7, 11) is 1.34. The van der Waals surface area contributed by atoms with Crippen molar-refractivity contribution in [3.63, 3.8) is 0 Å². The van der Waals surface area contributed by atoms with Gasteiger partial charge in [0.05, 0.1) is 31.2 Å². The minimum Gasteiger partial charge on any atom is -0.445 e. The van der Waals surface area contributed by atoms with Crippen LogP contribution in [0.3, 0.4) is 0 Å². The van der Waals surface area contributed by atoms with Crippen LogP contribution in [0.25, 0.3) is 0 Å². The van der Waals surface area contributed by atoms with Gasteiger partial charge in [0.1, 0.15) is 12.6 Å². The Bertz CT molecular complexity index is 1120. The third kappa shape index (κ3) is 4.81. The summed E-state index contributed by atoms with van der Waals surface area (Å²) in [5.74, 6) is -3.60. The van der Waals surface area contributed by atoms with E-state index in [1.165, 1.54) is 7.05 Å². The second-order valence-corrected chi connectivity index (χ2v) is 9.17. The van der Waals surface area contributed by atoms with Crippen molar-refractivity contribution in [1.82, 2.24) is 9.96 Å². The van der Waals surface area contributed by atoms with Gasteiger partial charge in [-0.15, -0.1) is 0 Å². The van der Waals surface area contributed by atoms with Crippen LogP contribution in [0.4, 0.5) is 4.79 Å². The molecule has 180 valence electrons. The van der Waals surface area contributed by atoms with Crippen molar-refractivity contribution in [2.75, 3.05) is 7.05 Å². The minimum atomic E-state index is -1.19. The summed E-state index contributed by atoms with van der Waals surface area (Å²) >= 11 is 24.1. The molecule has 0 aromatic heterocycles. The molecule has 0 radical (unpaired) electrons. The Balaban J connectivity index is 1.78. The van der Waals surface area contributed by atoms with E-state index in [1.807, 2.05) is 6.07 Å². The normalized spacial score (nSPS) is 13.7. The van der Waals surface area contributed by atoms with Gasteiger partial charge in [-0.3, -0.25) is 14.5 Å². The highest BCUT2D eigenvalue weighted by molar-refractivity contribution is 6.55. The zero-order valence-corrected chi connectivity index (χ0v) is 21.1. The van der Waals surface area contributed by atoms with Gasteiger partial charge >= 0.3 is 12.1 Å². The SMILES string of the molecule is CC(C)C(C(=O)ON1C(=O)c2c(Cl)c(Cl)c(Cl)c(Cl)c2C1=O)N(C)C(=O)OCc1ccccc1. The van der Waals surface area contributed by atoms with E-state index >= 15 is 0 Å². The smallest absolute Gasteiger partial charge is 0.410 e.